The minimum absolute atomic E-state index is 0.0211. The molecule has 0 fully saturated rings. The van der Waals surface area contributed by atoms with Crippen molar-refractivity contribution in [3.8, 4) is 5.75 Å². The Morgan fingerprint density at radius 2 is 1.76 bits per heavy atom. The second-order valence-electron chi connectivity index (χ2n) is 4.79. The third kappa shape index (κ3) is 4.24. The fourth-order valence-electron chi connectivity index (χ4n) is 2.10. The first-order valence-corrected chi connectivity index (χ1v) is 6.85. The molecule has 1 N–H and O–H groups in total. The lowest BCUT2D eigenvalue weighted by molar-refractivity contribution is -0.119. The highest BCUT2D eigenvalue weighted by Gasteiger charge is 2.11. The first kappa shape index (κ1) is 14.9. The monoisotopic (exact) mass is 284 g/mol. The number of ether oxygens (including phenoxy) is 1. The lowest BCUT2D eigenvalue weighted by Gasteiger charge is -2.21. The van der Waals surface area contributed by atoms with Gasteiger partial charge in [-0.15, -0.1) is 0 Å². The summed E-state index contributed by atoms with van der Waals surface area (Å²) in [5.74, 6) is 0.739. The van der Waals surface area contributed by atoms with Crippen LogP contribution < -0.4 is 15.0 Å². The lowest BCUT2D eigenvalue weighted by Crippen LogP contribution is -2.34. The molecule has 0 heterocycles. The number of carbonyl (C=O) groups excluding carboxylic acids is 1. The van der Waals surface area contributed by atoms with Crippen LogP contribution in [-0.4, -0.2) is 26.6 Å². The van der Waals surface area contributed by atoms with Crippen molar-refractivity contribution in [2.45, 2.75) is 6.54 Å². The molecule has 0 aliphatic heterocycles. The minimum Gasteiger partial charge on any atom is -0.495 e. The van der Waals surface area contributed by atoms with E-state index in [4.69, 9.17) is 4.74 Å². The molecule has 0 bridgehead atoms. The van der Waals surface area contributed by atoms with Gasteiger partial charge in [0, 0.05) is 13.6 Å². The Hall–Kier alpha value is -2.49. The molecule has 0 aromatic heterocycles. The molecule has 2 rings (SSSR count). The quantitative estimate of drug-likeness (QED) is 0.886. The van der Waals surface area contributed by atoms with Crippen molar-refractivity contribution in [1.29, 1.82) is 0 Å². The number of carbonyl (C=O) groups is 1. The summed E-state index contributed by atoms with van der Waals surface area (Å²) < 4.78 is 5.30. The first-order chi connectivity index (χ1) is 10.2. The molecule has 0 aliphatic carbocycles. The third-order valence-electron chi connectivity index (χ3n) is 3.21. The van der Waals surface area contributed by atoms with Gasteiger partial charge in [0.25, 0.3) is 0 Å². The smallest absolute Gasteiger partial charge is 0.239 e. The van der Waals surface area contributed by atoms with E-state index in [-0.39, 0.29) is 12.5 Å². The number of para-hydroxylation sites is 2. The van der Waals surface area contributed by atoms with Crippen LogP contribution >= 0.6 is 0 Å². The van der Waals surface area contributed by atoms with Crippen LogP contribution in [0.1, 0.15) is 5.56 Å². The van der Waals surface area contributed by atoms with Crippen LogP contribution in [-0.2, 0) is 11.3 Å². The van der Waals surface area contributed by atoms with E-state index in [9.17, 15) is 4.79 Å². The van der Waals surface area contributed by atoms with Gasteiger partial charge in [-0.1, -0.05) is 42.5 Å². The molecule has 110 valence electrons. The summed E-state index contributed by atoms with van der Waals surface area (Å²) in [6, 6.07) is 17.5. The fraction of sp³-hybridized carbons (Fsp3) is 0.235. The Morgan fingerprint density at radius 3 is 2.48 bits per heavy atom. The number of anilines is 1. The van der Waals surface area contributed by atoms with Crippen LogP contribution in [0.25, 0.3) is 0 Å². The zero-order chi connectivity index (χ0) is 15.1. The van der Waals surface area contributed by atoms with Gasteiger partial charge >= 0.3 is 0 Å². The molecule has 0 spiro atoms. The van der Waals surface area contributed by atoms with Crippen molar-refractivity contribution in [2.24, 2.45) is 0 Å². The Kier molecular flexibility index (Phi) is 5.21. The summed E-state index contributed by atoms with van der Waals surface area (Å²) in [5, 5.41) is 2.92. The number of hydrogen-bond acceptors (Lipinski definition) is 3. The summed E-state index contributed by atoms with van der Waals surface area (Å²) in [7, 11) is 3.50. The molecule has 0 radical (unpaired) electrons. The van der Waals surface area contributed by atoms with E-state index >= 15 is 0 Å². The van der Waals surface area contributed by atoms with Crippen LogP contribution in [0.4, 0.5) is 5.69 Å². The topological polar surface area (TPSA) is 41.6 Å². The number of nitrogens with zero attached hydrogens (tertiary/aromatic N) is 1. The number of amides is 1. The number of benzene rings is 2. The molecular weight excluding hydrogens is 264 g/mol. The molecule has 2 aromatic rings. The van der Waals surface area contributed by atoms with E-state index in [0.717, 1.165) is 17.0 Å². The zero-order valence-electron chi connectivity index (χ0n) is 12.4. The standard InChI is InChI=1S/C17H20N2O2/c1-19(15-10-6-7-11-16(15)21-2)13-17(20)18-12-14-8-4-3-5-9-14/h3-11H,12-13H2,1-2H3,(H,18,20). The van der Waals surface area contributed by atoms with E-state index in [1.165, 1.54) is 0 Å². The fourth-order valence-corrected chi connectivity index (χ4v) is 2.10. The normalized spacial score (nSPS) is 10.0. The maximum Gasteiger partial charge on any atom is 0.239 e. The second-order valence-corrected chi connectivity index (χ2v) is 4.79. The molecule has 4 nitrogen and oxygen atoms in total. The highest BCUT2D eigenvalue weighted by atomic mass is 16.5. The predicted octanol–water partition coefficient (Wildman–Crippen LogP) is 2.45. The average molecular weight is 284 g/mol. The van der Waals surface area contributed by atoms with E-state index in [1.807, 2.05) is 66.5 Å². The van der Waals surface area contributed by atoms with Gasteiger partial charge in [-0.3, -0.25) is 4.79 Å². The molecule has 2 aromatic carbocycles. The number of hydrogen-bond donors (Lipinski definition) is 1. The summed E-state index contributed by atoms with van der Waals surface area (Å²) in [4.78, 5) is 13.9. The van der Waals surface area contributed by atoms with Gasteiger partial charge in [-0.25, -0.2) is 0 Å². The highest BCUT2D eigenvalue weighted by molar-refractivity contribution is 5.81. The molecule has 0 unspecified atom stereocenters. The van der Waals surface area contributed by atoms with Gasteiger partial charge in [-0.05, 0) is 17.7 Å². The van der Waals surface area contributed by atoms with Crippen molar-refractivity contribution >= 4 is 11.6 Å². The van der Waals surface area contributed by atoms with Gasteiger partial charge in [0.2, 0.25) is 5.91 Å². The Bertz CT molecular complexity index is 584. The van der Waals surface area contributed by atoms with Gasteiger partial charge in [0.1, 0.15) is 5.75 Å². The van der Waals surface area contributed by atoms with E-state index < -0.39 is 0 Å². The van der Waals surface area contributed by atoms with Gasteiger partial charge in [0.05, 0.1) is 19.3 Å². The van der Waals surface area contributed by atoms with Crippen molar-refractivity contribution in [1.82, 2.24) is 5.32 Å². The number of likely N-dealkylation sites (N-methyl/N-ethyl adjacent to an activating group) is 1. The first-order valence-electron chi connectivity index (χ1n) is 6.85. The predicted molar refractivity (Wildman–Crippen MR) is 84.6 cm³/mol. The van der Waals surface area contributed by atoms with Crippen LogP contribution in [0.5, 0.6) is 5.75 Å². The zero-order valence-corrected chi connectivity index (χ0v) is 12.4. The molecule has 4 heteroatoms. The second kappa shape index (κ2) is 7.33. The average Bonchev–Trinajstić information content (AvgIpc) is 2.53. The third-order valence-corrected chi connectivity index (χ3v) is 3.21. The highest BCUT2D eigenvalue weighted by Crippen LogP contribution is 2.26. The number of nitrogens with one attached hydrogen (secondary N) is 1. The molecular formula is C17H20N2O2. The van der Waals surface area contributed by atoms with Crippen molar-refractivity contribution < 1.29 is 9.53 Å². The van der Waals surface area contributed by atoms with Crippen LogP contribution in [0.15, 0.2) is 54.6 Å². The van der Waals surface area contributed by atoms with Crippen molar-refractivity contribution in [3.63, 3.8) is 0 Å². The number of rotatable bonds is 6. The molecule has 1 amide bonds. The van der Waals surface area contributed by atoms with Crippen molar-refractivity contribution in [2.75, 3.05) is 25.6 Å². The van der Waals surface area contributed by atoms with Crippen LogP contribution in [0.2, 0.25) is 0 Å². The maximum atomic E-state index is 12.0. The van der Waals surface area contributed by atoms with E-state index in [0.29, 0.717) is 6.54 Å². The minimum atomic E-state index is -0.0211. The van der Waals surface area contributed by atoms with Gasteiger partial charge in [-0.2, -0.15) is 0 Å². The number of methoxy groups -OCH3 is 1. The summed E-state index contributed by atoms with van der Waals surface area (Å²) in [5.41, 5.74) is 1.99. The van der Waals surface area contributed by atoms with Crippen LogP contribution in [0.3, 0.4) is 0 Å². The largest absolute Gasteiger partial charge is 0.495 e. The summed E-state index contributed by atoms with van der Waals surface area (Å²) in [6.07, 6.45) is 0. The summed E-state index contributed by atoms with van der Waals surface area (Å²) in [6.45, 7) is 0.826. The molecule has 0 atom stereocenters. The Labute approximate surface area is 125 Å². The molecule has 0 aliphatic rings. The Balaban J connectivity index is 1.90. The van der Waals surface area contributed by atoms with Crippen LogP contribution in [0, 0.1) is 0 Å². The molecule has 0 saturated carbocycles. The maximum absolute atomic E-state index is 12.0. The molecule has 21 heavy (non-hydrogen) atoms. The van der Waals surface area contributed by atoms with Gasteiger partial charge < -0.3 is 15.0 Å². The lowest BCUT2D eigenvalue weighted by atomic mass is 10.2. The SMILES string of the molecule is COc1ccccc1N(C)CC(=O)NCc1ccccc1. The molecule has 0 saturated heterocycles. The van der Waals surface area contributed by atoms with Gasteiger partial charge in [0.15, 0.2) is 0 Å². The van der Waals surface area contributed by atoms with E-state index in [2.05, 4.69) is 5.32 Å². The van der Waals surface area contributed by atoms with Crippen molar-refractivity contribution in [3.05, 3.63) is 60.2 Å². The van der Waals surface area contributed by atoms with E-state index in [1.54, 1.807) is 7.11 Å². The summed E-state index contributed by atoms with van der Waals surface area (Å²) >= 11 is 0. The Morgan fingerprint density at radius 1 is 1.10 bits per heavy atom.